The number of guanidine groups is 1. The Labute approximate surface area is 77.4 Å². The van der Waals surface area contributed by atoms with Gasteiger partial charge < -0.3 is 10.6 Å². The van der Waals surface area contributed by atoms with Crippen LogP contribution in [-0.4, -0.2) is 36.1 Å². The Hall–Kier alpha value is -0.380. The fourth-order valence-electron chi connectivity index (χ4n) is 1.32. The molecule has 2 aliphatic rings. The van der Waals surface area contributed by atoms with Crippen LogP contribution in [0.2, 0.25) is 0 Å². The van der Waals surface area contributed by atoms with Gasteiger partial charge in [0.25, 0.3) is 0 Å². The van der Waals surface area contributed by atoms with Crippen LogP contribution in [0.25, 0.3) is 0 Å². The van der Waals surface area contributed by atoms with Crippen LogP contribution in [0.1, 0.15) is 13.3 Å². The first-order chi connectivity index (χ1) is 5.84. The van der Waals surface area contributed by atoms with Gasteiger partial charge in [-0.15, -0.1) is 0 Å². The summed E-state index contributed by atoms with van der Waals surface area (Å²) >= 11 is 1.99. The molecule has 2 rings (SSSR count). The summed E-state index contributed by atoms with van der Waals surface area (Å²) in [4.78, 5) is 4.39. The topological polar surface area (TPSA) is 36.4 Å². The zero-order chi connectivity index (χ0) is 8.39. The third-order valence-corrected chi connectivity index (χ3v) is 3.47. The van der Waals surface area contributed by atoms with Gasteiger partial charge in [0.05, 0.1) is 0 Å². The van der Waals surface area contributed by atoms with Gasteiger partial charge in [-0.25, -0.2) is 0 Å². The zero-order valence-corrected chi connectivity index (χ0v) is 8.16. The SMILES string of the molecule is CC1CCN=C(NC2CSC2)N1. The molecule has 0 amide bonds. The Kier molecular flexibility index (Phi) is 2.44. The Balaban J connectivity index is 1.81. The van der Waals surface area contributed by atoms with Gasteiger partial charge in [0.15, 0.2) is 5.96 Å². The molecule has 1 unspecified atom stereocenters. The lowest BCUT2D eigenvalue weighted by molar-refractivity contribution is 0.558. The summed E-state index contributed by atoms with van der Waals surface area (Å²) in [5, 5.41) is 6.75. The zero-order valence-electron chi connectivity index (χ0n) is 7.34. The smallest absolute Gasteiger partial charge is 0.191 e. The van der Waals surface area contributed by atoms with Crippen molar-refractivity contribution in [2.45, 2.75) is 25.4 Å². The van der Waals surface area contributed by atoms with E-state index in [-0.39, 0.29) is 0 Å². The van der Waals surface area contributed by atoms with E-state index >= 15 is 0 Å². The van der Waals surface area contributed by atoms with E-state index in [0.29, 0.717) is 12.1 Å². The van der Waals surface area contributed by atoms with Gasteiger partial charge in [-0.2, -0.15) is 11.8 Å². The highest BCUT2D eigenvalue weighted by molar-refractivity contribution is 8.00. The molecule has 2 aliphatic heterocycles. The first-order valence-electron chi connectivity index (χ1n) is 4.50. The molecule has 0 aromatic carbocycles. The second-order valence-corrected chi connectivity index (χ2v) is 4.52. The largest absolute Gasteiger partial charge is 0.354 e. The second kappa shape index (κ2) is 3.56. The highest BCUT2D eigenvalue weighted by atomic mass is 32.2. The summed E-state index contributed by atoms with van der Waals surface area (Å²) in [5.74, 6) is 3.48. The maximum absolute atomic E-state index is 4.39. The number of aliphatic imine (C=N–C) groups is 1. The van der Waals surface area contributed by atoms with Crippen molar-refractivity contribution in [3.63, 3.8) is 0 Å². The molecule has 0 bridgehead atoms. The van der Waals surface area contributed by atoms with Gasteiger partial charge in [0.1, 0.15) is 0 Å². The van der Waals surface area contributed by atoms with Crippen LogP contribution in [0.15, 0.2) is 4.99 Å². The maximum atomic E-state index is 4.39. The standard InChI is InChI=1S/C8H15N3S/c1-6-2-3-9-8(10-6)11-7-4-12-5-7/h6-7H,2-5H2,1H3,(H2,9,10,11). The molecule has 1 fully saturated rings. The van der Waals surface area contributed by atoms with E-state index in [4.69, 9.17) is 0 Å². The third kappa shape index (κ3) is 1.86. The molecule has 3 nitrogen and oxygen atoms in total. The Morgan fingerprint density at radius 2 is 2.42 bits per heavy atom. The van der Waals surface area contributed by atoms with Crippen LogP contribution < -0.4 is 10.6 Å². The van der Waals surface area contributed by atoms with Gasteiger partial charge in [-0.3, -0.25) is 4.99 Å². The van der Waals surface area contributed by atoms with Crippen LogP contribution in [0.4, 0.5) is 0 Å². The fraction of sp³-hybridized carbons (Fsp3) is 0.875. The number of nitrogens with zero attached hydrogens (tertiary/aromatic N) is 1. The molecule has 0 aliphatic carbocycles. The van der Waals surface area contributed by atoms with E-state index in [2.05, 4.69) is 22.5 Å². The van der Waals surface area contributed by atoms with Crippen molar-refractivity contribution in [1.29, 1.82) is 0 Å². The lowest BCUT2D eigenvalue weighted by atomic mass is 10.2. The Morgan fingerprint density at radius 3 is 3.00 bits per heavy atom. The minimum absolute atomic E-state index is 0.581. The minimum Gasteiger partial charge on any atom is -0.354 e. The molecule has 4 heteroatoms. The molecule has 0 spiro atoms. The molecule has 2 N–H and O–H groups in total. The van der Waals surface area contributed by atoms with Gasteiger partial charge in [0.2, 0.25) is 0 Å². The summed E-state index contributed by atoms with van der Waals surface area (Å²) < 4.78 is 0. The van der Waals surface area contributed by atoms with Gasteiger partial charge >= 0.3 is 0 Å². The molecule has 0 aromatic rings. The van der Waals surface area contributed by atoms with Gasteiger partial charge in [0, 0.05) is 30.1 Å². The lowest BCUT2D eigenvalue weighted by Crippen LogP contribution is -2.52. The predicted molar refractivity (Wildman–Crippen MR) is 53.8 cm³/mol. The quantitative estimate of drug-likeness (QED) is 0.622. The fourth-order valence-corrected chi connectivity index (χ4v) is 1.96. The maximum Gasteiger partial charge on any atom is 0.191 e. The number of thioether (sulfide) groups is 1. The summed E-state index contributed by atoms with van der Waals surface area (Å²) in [7, 11) is 0. The molecule has 12 heavy (non-hydrogen) atoms. The normalized spacial score (nSPS) is 30.1. The van der Waals surface area contributed by atoms with Crippen LogP contribution in [-0.2, 0) is 0 Å². The van der Waals surface area contributed by atoms with Crippen molar-refractivity contribution in [3.8, 4) is 0 Å². The van der Waals surface area contributed by atoms with Crippen molar-refractivity contribution in [1.82, 2.24) is 10.6 Å². The van der Waals surface area contributed by atoms with Gasteiger partial charge in [-0.1, -0.05) is 0 Å². The van der Waals surface area contributed by atoms with Crippen LogP contribution in [0.5, 0.6) is 0 Å². The summed E-state index contributed by atoms with van der Waals surface area (Å²) in [6, 6.07) is 1.24. The van der Waals surface area contributed by atoms with Crippen molar-refractivity contribution >= 4 is 17.7 Å². The molecule has 0 radical (unpaired) electrons. The average Bonchev–Trinajstić information content (AvgIpc) is 1.97. The molecule has 1 atom stereocenters. The monoisotopic (exact) mass is 185 g/mol. The molecule has 68 valence electrons. The molecule has 0 aromatic heterocycles. The van der Waals surface area contributed by atoms with E-state index in [1.807, 2.05) is 11.8 Å². The Morgan fingerprint density at radius 1 is 1.58 bits per heavy atom. The molecule has 0 saturated carbocycles. The van der Waals surface area contributed by atoms with E-state index in [1.54, 1.807) is 0 Å². The van der Waals surface area contributed by atoms with Gasteiger partial charge in [-0.05, 0) is 13.3 Å². The molecular weight excluding hydrogens is 170 g/mol. The highest BCUT2D eigenvalue weighted by Gasteiger charge is 2.20. The van der Waals surface area contributed by atoms with E-state index in [9.17, 15) is 0 Å². The van der Waals surface area contributed by atoms with Crippen molar-refractivity contribution in [2.75, 3.05) is 18.1 Å². The first kappa shape index (κ1) is 8.23. The summed E-state index contributed by atoms with van der Waals surface area (Å²) in [5.41, 5.74) is 0. The minimum atomic E-state index is 0.581. The predicted octanol–water partition coefficient (Wildman–Crippen LogP) is 0.429. The van der Waals surface area contributed by atoms with Crippen molar-refractivity contribution in [2.24, 2.45) is 4.99 Å². The molecular formula is C8H15N3S. The Bertz CT molecular complexity index is 189. The second-order valence-electron chi connectivity index (χ2n) is 3.44. The highest BCUT2D eigenvalue weighted by Crippen LogP contribution is 2.17. The van der Waals surface area contributed by atoms with Crippen molar-refractivity contribution in [3.05, 3.63) is 0 Å². The number of rotatable bonds is 1. The van der Waals surface area contributed by atoms with E-state index < -0.39 is 0 Å². The van der Waals surface area contributed by atoms with E-state index in [1.165, 1.54) is 11.5 Å². The summed E-state index contributed by atoms with van der Waals surface area (Å²) in [6.07, 6.45) is 1.16. The molecule has 1 saturated heterocycles. The first-order valence-corrected chi connectivity index (χ1v) is 5.65. The number of nitrogens with one attached hydrogen (secondary N) is 2. The van der Waals surface area contributed by atoms with Crippen LogP contribution >= 0.6 is 11.8 Å². The number of hydrogen-bond donors (Lipinski definition) is 2. The lowest BCUT2D eigenvalue weighted by Gasteiger charge is -2.30. The molecule has 2 heterocycles. The van der Waals surface area contributed by atoms with Crippen LogP contribution in [0, 0.1) is 0 Å². The summed E-state index contributed by atoms with van der Waals surface area (Å²) in [6.45, 7) is 3.17. The van der Waals surface area contributed by atoms with Crippen LogP contribution in [0.3, 0.4) is 0 Å². The van der Waals surface area contributed by atoms with E-state index in [0.717, 1.165) is 18.9 Å². The van der Waals surface area contributed by atoms with Crippen molar-refractivity contribution < 1.29 is 0 Å². The third-order valence-electron chi connectivity index (χ3n) is 2.19. The average molecular weight is 185 g/mol. The number of hydrogen-bond acceptors (Lipinski definition) is 4.